The molecule has 0 aromatic carbocycles. The van der Waals surface area contributed by atoms with Gasteiger partial charge in [0.15, 0.2) is 0 Å². The molecule has 0 aromatic rings. The Morgan fingerprint density at radius 1 is 0.842 bits per heavy atom. The zero-order valence-electron chi connectivity index (χ0n) is 12.6. The molecule has 0 aliphatic rings. The lowest BCUT2D eigenvalue weighted by atomic mass is 9.99. The van der Waals surface area contributed by atoms with Crippen molar-refractivity contribution in [2.45, 2.75) is 84.0 Å². The molecule has 3 heteroatoms. The van der Waals surface area contributed by atoms with Gasteiger partial charge in [0.2, 0.25) is 0 Å². The Morgan fingerprint density at radius 3 is 1.68 bits per heavy atom. The van der Waals surface area contributed by atoms with Crippen LogP contribution in [0.2, 0.25) is 0 Å². The predicted octanol–water partition coefficient (Wildman–Crippen LogP) is 4.38. The number of aliphatic hydroxyl groups is 1. The number of hydrogen-bond acceptors (Lipinski definition) is 2. The SMILES string of the molecule is C[C@@H](CCCCCCCCCCCCO)CC(=O)O. The molecule has 19 heavy (non-hydrogen) atoms. The van der Waals surface area contributed by atoms with E-state index in [4.69, 9.17) is 10.2 Å². The van der Waals surface area contributed by atoms with Crippen molar-refractivity contribution < 1.29 is 15.0 Å². The van der Waals surface area contributed by atoms with Gasteiger partial charge in [-0.25, -0.2) is 0 Å². The van der Waals surface area contributed by atoms with E-state index in [0.29, 0.717) is 18.9 Å². The molecule has 0 unspecified atom stereocenters. The molecular formula is C16H32O3. The fourth-order valence-corrected chi connectivity index (χ4v) is 2.42. The number of carboxylic acid groups (broad SMARTS) is 1. The van der Waals surface area contributed by atoms with Gasteiger partial charge in [0.05, 0.1) is 0 Å². The molecule has 0 amide bonds. The van der Waals surface area contributed by atoms with E-state index in [2.05, 4.69) is 0 Å². The third-order valence-electron chi connectivity index (χ3n) is 3.63. The van der Waals surface area contributed by atoms with Gasteiger partial charge in [-0.1, -0.05) is 71.1 Å². The highest BCUT2D eigenvalue weighted by molar-refractivity contribution is 5.66. The van der Waals surface area contributed by atoms with Crippen LogP contribution < -0.4 is 0 Å². The number of aliphatic carboxylic acids is 1. The van der Waals surface area contributed by atoms with Gasteiger partial charge in [-0.2, -0.15) is 0 Å². The fraction of sp³-hybridized carbons (Fsp3) is 0.938. The third-order valence-corrected chi connectivity index (χ3v) is 3.63. The molecule has 0 fully saturated rings. The van der Waals surface area contributed by atoms with Crippen LogP contribution in [0.3, 0.4) is 0 Å². The van der Waals surface area contributed by atoms with Gasteiger partial charge in [-0.3, -0.25) is 4.79 Å². The first-order chi connectivity index (χ1) is 9.16. The summed E-state index contributed by atoms with van der Waals surface area (Å²) in [6, 6.07) is 0. The lowest BCUT2D eigenvalue weighted by molar-refractivity contribution is -0.138. The average molecular weight is 272 g/mol. The number of aliphatic hydroxyl groups excluding tert-OH is 1. The van der Waals surface area contributed by atoms with Crippen LogP contribution in [0.4, 0.5) is 0 Å². The van der Waals surface area contributed by atoms with Gasteiger partial charge in [-0.15, -0.1) is 0 Å². The molecule has 1 atom stereocenters. The van der Waals surface area contributed by atoms with E-state index in [1.54, 1.807) is 0 Å². The van der Waals surface area contributed by atoms with Crippen molar-refractivity contribution in [2.75, 3.05) is 6.61 Å². The number of rotatable bonds is 14. The van der Waals surface area contributed by atoms with E-state index in [1.165, 1.54) is 51.4 Å². The summed E-state index contributed by atoms with van der Waals surface area (Å²) in [7, 11) is 0. The van der Waals surface area contributed by atoms with Gasteiger partial charge in [0, 0.05) is 13.0 Å². The van der Waals surface area contributed by atoms with Crippen LogP contribution in [0.5, 0.6) is 0 Å². The van der Waals surface area contributed by atoms with E-state index in [9.17, 15) is 4.79 Å². The molecule has 0 aliphatic heterocycles. The van der Waals surface area contributed by atoms with Crippen molar-refractivity contribution in [1.29, 1.82) is 0 Å². The summed E-state index contributed by atoms with van der Waals surface area (Å²) >= 11 is 0. The van der Waals surface area contributed by atoms with Crippen LogP contribution in [-0.2, 0) is 4.79 Å². The van der Waals surface area contributed by atoms with Crippen LogP contribution in [0, 0.1) is 5.92 Å². The Bertz CT molecular complexity index is 204. The average Bonchev–Trinajstić information content (AvgIpc) is 2.35. The molecule has 0 heterocycles. The number of carboxylic acids is 1. The lowest BCUT2D eigenvalue weighted by Gasteiger charge is -2.07. The second-order valence-electron chi connectivity index (χ2n) is 5.75. The molecule has 0 rings (SSSR count). The normalized spacial score (nSPS) is 12.5. The fourth-order valence-electron chi connectivity index (χ4n) is 2.42. The van der Waals surface area contributed by atoms with Crippen molar-refractivity contribution in [2.24, 2.45) is 5.92 Å². The third kappa shape index (κ3) is 15.4. The van der Waals surface area contributed by atoms with Crippen molar-refractivity contribution in [3.05, 3.63) is 0 Å². The van der Waals surface area contributed by atoms with Gasteiger partial charge < -0.3 is 10.2 Å². The minimum Gasteiger partial charge on any atom is -0.481 e. The maximum atomic E-state index is 10.5. The van der Waals surface area contributed by atoms with Gasteiger partial charge in [-0.05, 0) is 12.3 Å². The van der Waals surface area contributed by atoms with E-state index < -0.39 is 5.97 Å². The number of unbranched alkanes of at least 4 members (excludes halogenated alkanes) is 9. The topological polar surface area (TPSA) is 57.5 Å². The van der Waals surface area contributed by atoms with Crippen LogP contribution >= 0.6 is 0 Å². The highest BCUT2D eigenvalue weighted by Gasteiger charge is 2.06. The van der Waals surface area contributed by atoms with Crippen molar-refractivity contribution in [3.63, 3.8) is 0 Å². The molecule has 0 saturated heterocycles. The first-order valence-corrected chi connectivity index (χ1v) is 7.99. The Kier molecular flexibility index (Phi) is 13.4. The summed E-state index contributed by atoms with van der Waals surface area (Å²) in [6.07, 6.45) is 13.7. The summed E-state index contributed by atoms with van der Waals surface area (Å²) in [4.78, 5) is 10.5. The minimum atomic E-state index is -0.673. The summed E-state index contributed by atoms with van der Waals surface area (Å²) in [5, 5.41) is 17.3. The van der Waals surface area contributed by atoms with Crippen LogP contribution in [0.1, 0.15) is 84.0 Å². The first kappa shape index (κ1) is 18.4. The maximum absolute atomic E-state index is 10.5. The van der Waals surface area contributed by atoms with Crippen LogP contribution in [0.15, 0.2) is 0 Å². The second-order valence-corrected chi connectivity index (χ2v) is 5.75. The van der Waals surface area contributed by atoms with Crippen LogP contribution in [-0.4, -0.2) is 22.8 Å². The van der Waals surface area contributed by atoms with E-state index in [1.807, 2.05) is 6.92 Å². The largest absolute Gasteiger partial charge is 0.481 e. The van der Waals surface area contributed by atoms with E-state index >= 15 is 0 Å². The number of carbonyl (C=O) groups is 1. The molecular weight excluding hydrogens is 240 g/mol. The van der Waals surface area contributed by atoms with Crippen molar-refractivity contribution in [3.8, 4) is 0 Å². The van der Waals surface area contributed by atoms with Gasteiger partial charge in [0.25, 0.3) is 0 Å². The molecule has 114 valence electrons. The molecule has 0 radical (unpaired) electrons. The standard InChI is InChI=1S/C16H32O3/c1-15(14-16(18)19)12-10-8-6-4-2-3-5-7-9-11-13-17/h15,17H,2-14H2,1H3,(H,18,19)/t15-/m0/s1. The first-order valence-electron chi connectivity index (χ1n) is 7.99. The van der Waals surface area contributed by atoms with Gasteiger partial charge >= 0.3 is 5.97 Å². The summed E-state index contributed by atoms with van der Waals surface area (Å²) < 4.78 is 0. The van der Waals surface area contributed by atoms with E-state index in [0.717, 1.165) is 19.3 Å². The van der Waals surface area contributed by atoms with Gasteiger partial charge in [0.1, 0.15) is 0 Å². The molecule has 2 N–H and O–H groups in total. The Balaban J connectivity index is 3.08. The smallest absolute Gasteiger partial charge is 0.303 e. The monoisotopic (exact) mass is 272 g/mol. The zero-order valence-corrected chi connectivity index (χ0v) is 12.6. The van der Waals surface area contributed by atoms with E-state index in [-0.39, 0.29) is 0 Å². The molecule has 3 nitrogen and oxygen atoms in total. The molecule has 0 spiro atoms. The van der Waals surface area contributed by atoms with Crippen molar-refractivity contribution in [1.82, 2.24) is 0 Å². The lowest BCUT2D eigenvalue weighted by Crippen LogP contribution is -2.03. The van der Waals surface area contributed by atoms with Crippen molar-refractivity contribution >= 4 is 5.97 Å². The quantitative estimate of drug-likeness (QED) is 0.461. The predicted molar refractivity (Wildman–Crippen MR) is 79.3 cm³/mol. The molecule has 0 bridgehead atoms. The second kappa shape index (κ2) is 13.9. The summed E-state index contributed by atoms with van der Waals surface area (Å²) in [6.45, 7) is 2.36. The Labute approximate surface area is 118 Å². The molecule has 0 aromatic heterocycles. The highest BCUT2D eigenvalue weighted by Crippen LogP contribution is 2.15. The minimum absolute atomic E-state index is 0.313. The highest BCUT2D eigenvalue weighted by atomic mass is 16.4. The van der Waals surface area contributed by atoms with Crippen LogP contribution in [0.25, 0.3) is 0 Å². The molecule has 0 aliphatic carbocycles. The zero-order chi connectivity index (χ0) is 14.3. The summed E-state index contributed by atoms with van der Waals surface area (Å²) in [5.41, 5.74) is 0. The maximum Gasteiger partial charge on any atom is 0.303 e. The Hall–Kier alpha value is -0.570. The Morgan fingerprint density at radius 2 is 1.26 bits per heavy atom. The number of hydrogen-bond donors (Lipinski definition) is 2. The summed E-state index contributed by atoms with van der Waals surface area (Å²) in [5.74, 6) is -0.349. The molecule has 0 saturated carbocycles.